The number of fused-ring (bicyclic) bond motifs is 6. The van der Waals surface area contributed by atoms with Crippen LogP contribution in [0.25, 0.3) is 0 Å². The Morgan fingerprint density at radius 2 is 1.55 bits per heavy atom. The molecule has 5 aliphatic rings. The number of Topliss-reactive ketones (excluding diaryl/α,β-unsaturated/α-hetero) is 1. The van der Waals surface area contributed by atoms with E-state index in [9.17, 15) is 4.79 Å². The van der Waals surface area contributed by atoms with Crippen LogP contribution in [-0.2, 0) is 4.79 Å². The van der Waals surface area contributed by atoms with Gasteiger partial charge in [-0.1, -0.05) is 67.4 Å². The average molecular weight is 425 g/mol. The Balaban J connectivity index is 1.61. The summed E-state index contributed by atoms with van der Waals surface area (Å²) in [6.07, 6.45) is 12.9. The van der Waals surface area contributed by atoms with Crippen molar-refractivity contribution in [1.29, 1.82) is 0 Å². The van der Waals surface area contributed by atoms with Gasteiger partial charge in [-0.15, -0.1) is 0 Å². The summed E-state index contributed by atoms with van der Waals surface area (Å²) in [4.78, 5) is 13.5. The number of ketones is 1. The van der Waals surface area contributed by atoms with Crippen molar-refractivity contribution >= 4 is 5.78 Å². The maximum absolute atomic E-state index is 13.5. The standard InChI is InChI=1S/C30H48O/c1-19(2)21-18-22(31)25-20-10-11-24-28(6)14-9-13-26(3,4)23(28)12-15-30(24,8)29(20,7)17-16-27(21,25)5/h19,21,23-24H,9-18H2,1-8H3/t21-,23+,24-,27-,28+,29-,30-/m1/s1. The Morgan fingerprint density at radius 1 is 0.839 bits per heavy atom. The first kappa shape index (κ1) is 22.2. The van der Waals surface area contributed by atoms with Crippen LogP contribution in [0, 0.1) is 50.7 Å². The van der Waals surface area contributed by atoms with Gasteiger partial charge in [-0.05, 0) is 102 Å². The van der Waals surface area contributed by atoms with E-state index in [-0.39, 0.29) is 10.8 Å². The highest BCUT2D eigenvalue weighted by molar-refractivity contribution is 6.00. The van der Waals surface area contributed by atoms with E-state index in [1.165, 1.54) is 63.4 Å². The Hall–Kier alpha value is -0.590. The monoisotopic (exact) mass is 424 g/mol. The zero-order chi connectivity index (χ0) is 22.6. The van der Waals surface area contributed by atoms with Crippen molar-refractivity contribution in [2.45, 2.75) is 120 Å². The second-order valence-electron chi connectivity index (χ2n) is 14.5. The fourth-order valence-corrected chi connectivity index (χ4v) is 11.0. The molecule has 0 N–H and O–H groups in total. The third kappa shape index (κ3) is 2.59. The van der Waals surface area contributed by atoms with E-state index in [0.29, 0.717) is 33.9 Å². The molecule has 4 fully saturated rings. The zero-order valence-electron chi connectivity index (χ0n) is 21.8. The van der Waals surface area contributed by atoms with Crippen LogP contribution in [0.5, 0.6) is 0 Å². The average Bonchev–Trinajstić information content (AvgIpc) is 2.93. The topological polar surface area (TPSA) is 17.1 Å². The Morgan fingerprint density at radius 3 is 2.23 bits per heavy atom. The first-order valence-electron chi connectivity index (χ1n) is 13.6. The van der Waals surface area contributed by atoms with Crippen LogP contribution in [-0.4, -0.2) is 5.78 Å². The van der Waals surface area contributed by atoms with Crippen molar-refractivity contribution < 1.29 is 4.79 Å². The first-order valence-corrected chi connectivity index (χ1v) is 13.6. The Kier molecular flexibility index (Phi) is 4.66. The van der Waals surface area contributed by atoms with Gasteiger partial charge in [0, 0.05) is 12.0 Å². The molecule has 0 unspecified atom stereocenters. The highest BCUT2D eigenvalue weighted by Gasteiger charge is 2.67. The van der Waals surface area contributed by atoms with Crippen LogP contribution in [0.1, 0.15) is 120 Å². The fraction of sp³-hybridized carbons (Fsp3) is 0.900. The lowest BCUT2D eigenvalue weighted by atomic mass is 9.34. The molecule has 0 aromatic rings. The highest BCUT2D eigenvalue weighted by Crippen LogP contribution is 2.75. The van der Waals surface area contributed by atoms with Gasteiger partial charge in [-0.3, -0.25) is 4.79 Å². The number of carbonyl (C=O) groups is 1. The molecular weight excluding hydrogens is 376 g/mol. The SMILES string of the molecule is CC(C)[C@H]1CC(=O)C2=C3CC[C@@H]4[C@@]5(C)CCCC(C)(C)[C@@H]5CC[C@@]4(C)[C@]3(C)CC[C@@]21C. The van der Waals surface area contributed by atoms with E-state index in [1.54, 1.807) is 5.57 Å². The quantitative estimate of drug-likeness (QED) is 0.413. The van der Waals surface area contributed by atoms with Gasteiger partial charge in [0.15, 0.2) is 5.78 Å². The summed E-state index contributed by atoms with van der Waals surface area (Å²) in [6, 6.07) is 0. The third-order valence-corrected chi connectivity index (χ3v) is 12.7. The van der Waals surface area contributed by atoms with Crippen LogP contribution in [0.2, 0.25) is 0 Å². The summed E-state index contributed by atoms with van der Waals surface area (Å²) in [5, 5.41) is 0. The summed E-state index contributed by atoms with van der Waals surface area (Å²) in [5.74, 6) is 3.35. The predicted octanol–water partition coefficient (Wildman–Crippen LogP) is 8.38. The molecular formula is C30H48O. The van der Waals surface area contributed by atoms with Gasteiger partial charge >= 0.3 is 0 Å². The second-order valence-corrected chi connectivity index (χ2v) is 14.5. The molecule has 5 rings (SSSR count). The molecule has 31 heavy (non-hydrogen) atoms. The van der Waals surface area contributed by atoms with E-state index < -0.39 is 0 Å². The Labute approximate surface area is 192 Å². The maximum Gasteiger partial charge on any atom is 0.159 e. The molecule has 0 aromatic carbocycles. The van der Waals surface area contributed by atoms with E-state index in [0.717, 1.165) is 18.3 Å². The highest BCUT2D eigenvalue weighted by atomic mass is 16.1. The van der Waals surface area contributed by atoms with E-state index in [1.807, 2.05) is 0 Å². The summed E-state index contributed by atoms with van der Waals surface area (Å²) < 4.78 is 0. The molecule has 7 atom stereocenters. The van der Waals surface area contributed by atoms with Gasteiger partial charge < -0.3 is 0 Å². The van der Waals surface area contributed by atoms with Crippen LogP contribution in [0.15, 0.2) is 11.1 Å². The number of hydrogen-bond acceptors (Lipinski definition) is 1. The van der Waals surface area contributed by atoms with Gasteiger partial charge in [0.1, 0.15) is 0 Å². The maximum atomic E-state index is 13.5. The molecule has 174 valence electrons. The Bertz CT molecular complexity index is 831. The summed E-state index contributed by atoms with van der Waals surface area (Å²) >= 11 is 0. The predicted molar refractivity (Wildman–Crippen MR) is 130 cm³/mol. The molecule has 0 heterocycles. The van der Waals surface area contributed by atoms with Gasteiger partial charge in [-0.25, -0.2) is 0 Å². The number of allylic oxidation sites excluding steroid dienone is 2. The molecule has 4 saturated carbocycles. The number of carbonyl (C=O) groups excluding carboxylic acids is 1. The smallest absolute Gasteiger partial charge is 0.159 e. The van der Waals surface area contributed by atoms with Crippen LogP contribution < -0.4 is 0 Å². The summed E-state index contributed by atoms with van der Waals surface area (Å²) in [7, 11) is 0. The zero-order valence-corrected chi connectivity index (χ0v) is 21.8. The first-order chi connectivity index (χ1) is 14.3. The largest absolute Gasteiger partial charge is 0.295 e. The minimum atomic E-state index is 0.136. The molecule has 0 saturated heterocycles. The lowest BCUT2D eigenvalue weighted by molar-refractivity contribution is -0.179. The van der Waals surface area contributed by atoms with Crippen LogP contribution >= 0.6 is 0 Å². The molecule has 0 aromatic heterocycles. The summed E-state index contributed by atoms with van der Waals surface area (Å²) in [6.45, 7) is 20.2. The molecule has 5 aliphatic carbocycles. The third-order valence-electron chi connectivity index (χ3n) is 12.7. The van der Waals surface area contributed by atoms with E-state index in [2.05, 4.69) is 55.4 Å². The second kappa shape index (κ2) is 6.50. The van der Waals surface area contributed by atoms with Crippen molar-refractivity contribution in [3.63, 3.8) is 0 Å². The van der Waals surface area contributed by atoms with Crippen molar-refractivity contribution in [3.8, 4) is 0 Å². The van der Waals surface area contributed by atoms with Crippen molar-refractivity contribution in [2.75, 3.05) is 0 Å². The lowest BCUT2D eigenvalue weighted by Gasteiger charge is -2.70. The molecule has 0 radical (unpaired) electrons. The van der Waals surface area contributed by atoms with Gasteiger partial charge in [-0.2, -0.15) is 0 Å². The van der Waals surface area contributed by atoms with Crippen LogP contribution in [0.3, 0.4) is 0 Å². The van der Waals surface area contributed by atoms with Gasteiger partial charge in [0.05, 0.1) is 0 Å². The van der Waals surface area contributed by atoms with Crippen molar-refractivity contribution in [3.05, 3.63) is 11.1 Å². The fourth-order valence-electron chi connectivity index (χ4n) is 11.0. The summed E-state index contributed by atoms with van der Waals surface area (Å²) in [5.41, 5.74) is 4.64. The number of hydrogen-bond donors (Lipinski definition) is 0. The molecule has 0 bridgehead atoms. The molecule has 0 spiro atoms. The van der Waals surface area contributed by atoms with E-state index >= 15 is 0 Å². The number of rotatable bonds is 1. The minimum absolute atomic E-state index is 0.136. The lowest BCUT2D eigenvalue weighted by Crippen LogP contribution is -2.62. The molecule has 0 amide bonds. The minimum Gasteiger partial charge on any atom is -0.295 e. The van der Waals surface area contributed by atoms with Crippen LogP contribution in [0.4, 0.5) is 0 Å². The van der Waals surface area contributed by atoms with Crippen molar-refractivity contribution in [1.82, 2.24) is 0 Å². The van der Waals surface area contributed by atoms with Crippen molar-refractivity contribution in [2.24, 2.45) is 50.7 Å². The molecule has 1 heteroatoms. The molecule has 1 nitrogen and oxygen atoms in total. The normalized spacial score (nSPS) is 51.3. The van der Waals surface area contributed by atoms with Gasteiger partial charge in [0.25, 0.3) is 0 Å². The van der Waals surface area contributed by atoms with E-state index in [4.69, 9.17) is 0 Å². The van der Waals surface area contributed by atoms with Gasteiger partial charge in [0.2, 0.25) is 0 Å². The molecule has 0 aliphatic heterocycles.